The van der Waals surface area contributed by atoms with E-state index >= 15 is 0 Å². The van der Waals surface area contributed by atoms with E-state index in [1.807, 2.05) is 6.92 Å². The van der Waals surface area contributed by atoms with Crippen LogP contribution in [-0.2, 0) is 30.4 Å². The van der Waals surface area contributed by atoms with Crippen LogP contribution < -0.4 is 21.7 Å². The third-order valence-electron chi connectivity index (χ3n) is 5.72. The summed E-state index contributed by atoms with van der Waals surface area (Å²) in [5, 5.41) is 25.9. The highest BCUT2D eigenvalue weighted by Crippen LogP contribution is 2.09. The second kappa shape index (κ2) is 14.1. The molecule has 35 heavy (non-hydrogen) atoms. The quantitative estimate of drug-likeness (QED) is 0.213. The number of aliphatic carboxylic acids is 2. The van der Waals surface area contributed by atoms with Crippen LogP contribution in [0.25, 0.3) is 0 Å². The van der Waals surface area contributed by atoms with Crippen molar-refractivity contribution in [1.29, 1.82) is 0 Å². The van der Waals surface area contributed by atoms with E-state index in [1.165, 1.54) is 0 Å². The highest BCUT2D eigenvalue weighted by atomic mass is 16.4. The Morgan fingerprint density at radius 1 is 0.857 bits per heavy atom. The number of nitrogens with one attached hydrogen (secondary N) is 3. The maximum atomic E-state index is 13.0. The molecule has 5 atom stereocenters. The van der Waals surface area contributed by atoms with Crippen molar-refractivity contribution in [2.75, 3.05) is 0 Å². The molecule has 0 radical (unpaired) electrons. The lowest BCUT2D eigenvalue weighted by Gasteiger charge is -2.26. The number of carboxylic acids is 2. The summed E-state index contributed by atoms with van der Waals surface area (Å²) in [5.74, 6) is -5.53. The molecule has 0 saturated carbocycles. The van der Waals surface area contributed by atoms with E-state index in [9.17, 15) is 34.2 Å². The zero-order valence-electron chi connectivity index (χ0n) is 20.5. The molecule has 0 saturated heterocycles. The smallest absolute Gasteiger partial charge is 0.326 e. The molecule has 0 heterocycles. The maximum absolute atomic E-state index is 13.0. The van der Waals surface area contributed by atoms with Crippen molar-refractivity contribution >= 4 is 29.7 Å². The Kier molecular flexibility index (Phi) is 11.9. The summed E-state index contributed by atoms with van der Waals surface area (Å²) in [6.07, 6.45) is -0.110. The van der Waals surface area contributed by atoms with Gasteiger partial charge in [-0.15, -0.1) is 0 Å². The molecular formula is C24H36N4O7. The summed E-state index contributed by atoms with van der Waals surface area (Å²) in [7, 11) is 0. The number of hydrogen-bond acceptors (Lipinski definition) is 6. The Labute approximate surface area is 204 Å². The van der Waals surface area contributed by atoms with Gasteiger partial charge in [0.25, 0.3) is 0 Å². The van der Waals surface area contributed by atoms with Crippen molar-refractivity contribution in [2.45, 2.75) is 71.1 Å². The van der Waals surface area contributed by atoms with Crippen LogP contribution >= 0.6 is 0 Å². The first-order valence-corrected chi connectivity index (χ1v) is 11.5. The Morgan fingerprint density at radius 3 is 1.89 bits per heavy atom. The van der Waals surface area contributed by atoms with Crippen molar-refractivity contribution in [1.82, 2.24) is 16.0 Å². The maximum Gasteiger partial charge on any atom is 0.326 e. The van der Waals surface area contributed by atoms with Gasteiger partial charge in [0.15, 0.2) is 0 Å². The lowest BCUT2D eigenvalue weighted by atomic mass is 9.98. The second-order valence-corrected chi connectivity index (χ2v) is 8.89. The van der Waals surface area contributed by atoms with Gasteiger partial charge in [-0.3, -0.25) is 19.2 Å². The van der Waals surface area contributed by atoms with Gasteiger partial charge < -0.3 is 31.9 Å². The van der Waals surface area contributed by atoms with Gasteiger partial charge >= 0.3 is 11.9 Å². The molecular weight excluding hydrogens is 456 g/mol. The van der Waals surface area contributed by atoms with Crippen molar-refractivity contribution < 1.29 is 34.2 Å². The van der Waals surface area contributed by atoms with Gasteiger partial charge in [-0.1, -0.05) is 64.4 Å². The van der Waals surface area contributed by atoms with E-state index in [0.717, 1.165) is 0 Å². The number of benzene rings is 1. The van der Waals surface area contributed by atoms with Crippen LogP contribution in [0.1, 0.15) is 46.1 Å². The molecule has 11 heteroatoms. The molecule has 0 aliphatic heterocycles. The minimum absolute atomic E-state index is 0.0168. The highest BCUT2D eigenvalue weighted by molar-refractivity contribution is 5.95. The van der Waals surface area contributed by atoms with E-state index in [4.69, 9.17) is 5.73 Å². The van der Waals surface area contributed by atoms with Gasteiger partial charge in [0.05, 0.1) is 12.5 Å². The third-order valence-corrected chi connectivity index (χ3v) is 5.72. The van der Waals surface area contributed by atoms with Crippen LogP contribution in [0.4, 0.5) is 0 Å². The molecule has 3 amide bonds. The fraction of sp³-hybridized carbons (Fsp3) is 0.542. The van der Waals surface area contributed by atoms with Crippen LogP contribution in [0.5, 0.6) is 0 Å². The first-order valence-electron chi connectivity index (χ1n) is 11.5. The largest absolute Gasteiger partial charge is 0.481 e. The van der Waals surface area contributed by atoms with Crippen LogP contribution in [0, 0.1) is 11.8 Å². The molecule has 0 aromatic heterocycles. The van der Waals surface area contributed by atoms with E-state index in [0.29, 0.717) is 12.0 Å². The van der Waals surface area contributed by atoms with E-state index < -0.39 is 66.2 Å². The molecule has 194 valence electrons. The number of carbonyl (C=O) groups excluding carboxylic acids is 3. The number of nitrogens with two attached hydrogens (primary N) is 1. The van der Waals surface area contributed by atoms with Gasteiger partial charge in [0.1, 0.15) is 18.1 Å². The van der Waals surface area contributed by atoms with E-state index in [2.05, 4.69) is 16.0 Å². The predicted molar refractivity (Wildman–Crippen MR) is 128 cm³/mol. The SMILES string of the molecule is CCC(C)C(N)C(=O)NC(CC(=O)O)C(=O)NC(Cc1ccccc1)C(=O)NC(C(=O)O)C(C)C. The van der Waals surface area contributed by atoms with E-state index in [1.54, 1.807) is 51.1 Å². The van der Waals surface area contributed by atoms with Crippen LogP contribution in [0.2, 0.25) is 0 Å². The standard InChI is InChI=1S/C24H36N4O7/c1-5-14(4)19(25)23(33)27-17(12-18(29)30)21(31)26-16(11-15-9-7-6-8-10-15)22(32)28-20(13(2)3)24(34)35/h6-10,13-14,16-17,19-20H,5,11-12,25H2,1-4H3,(H,26,31)(H,27,33)(H,28,32)(H,29,30)(H,34,35). The zero-order valence-corrected chi connectivity index (χ0v) is 20.5. The molecule has 0 aliphatic rings. The summed E-state index contributed by atoms with van der Waals surface area (Å²) in [6.45, 7) is 6.85. The van der Waals surface area contributed by atoms with Crippen molar-refractivity contribution in [3.05, 3.63) is 35.9 Å². The van der Waals surface area contributed by atoms with Crippen LogP contribution in [0.15, 0.2) is 30.3 Å². The first-order chi connectivity index (χ1) is 16.4. The van der Waals surface area contributed by atoms with Crippen LogP contribution in [0.3, 0.4) is 0 Å². The van der Waals surface area contributed by atoms with E-state index in [-0.39, 0.29) is 12.3 Å². The molecule has 11 nitrogen and oxygen atoms in total. The third kappa shape index (κ3) is 9.73. The topological polar surface area (TPSA) is 188 Å². The van der Waals surface area contributed by atoms with Crippen molar-refractivity contribution in [3.8, 4) is 0 Å². The molecule has 0 spiro atoms. The van der Waals surface area contributed by atoms with Crippen molar-refractivity contribution in [2.24, 2.45) is 17.6 Å². The number of rotatable bonds is 14. The van der Waals surface area contributed by atoms with Gasteiger partial charge in [0, 0.05) is 6.42 Å². The van der Waals surface area contributed by atoms with Crippen molar-refractivity contribution in [3.63, 3.8) is 0 Å². The lowest BCUT2D eigenvalue weighted by molar-refractivity contribution is -0.144. The molecule has 1 aromatic rings. The molecule has 0 fully saturated rings. The number of carboxylic acid groups (broad SMARTS) is 2. The normalized spacial score (nSPS) is 15.3. The van der Waals surface area contributed by atoms with Gasteiger partial charge in [-0.2, -0.15) is 0 Å². The first kappa shape index (κ1) is 29.6. The highest BCUT2D eigenvalue weighted by Gasteiger charge is 2.32. The molecule has 1 rings (SSSR count). The number of amides is 3. The molecule has 5 unspecified atom stereocenters. The number of hydrogen-bond donors (Lipinski definition) is 6. The van der Waals surface area contributed by atoms with Gasteiger partial charge in [-0.25, -0.2) is 4.79 Å². The fourth-order valence-corrected chi connectivity index (χ4v) is 3.26. The minimum Gasteiger partial charge on any atom is -0.481 e. The molecule has 0 bridgehead atoms. The average molecular weight is 493 g/mol. The van der Waals surface area contributed by atoms with Crippen LogP contribution in [-0.4, -0.2) is 64.0 Å². The number of carbonyl (C=O) groups is 5. The van der Waals surface area contributed by atoms with Gasteiger partial charge in [-0.05, 0) is 17.4 Å². The molecule has 1 aromatic carbocycles. The summed E-state index contributed by atoms with van der Waals surface area (Å²) < 4.78 is 0. The summed E-state index contributed by atoms with van der Waals surface area (Å²) >= 11 is 0. The second-order valence-electron chi connectivity index (χ2n) is 8.89. The Bertz CT molecular complexity index is 891. The monoisotopic (exact) mass is 492 g/mol. The Hall–Kier alpha value is -3.47. The molecule has 7 N–H and O–H groups in total. The average Bonchev–Trinajstić information content (AvgIpc) is 2.80. The van der Waals surface area contributed by atoms with Gasteiger partial charge in [0.2, 0.25) is 17.7 Å². The fourth-order valence-electron chi connectivity index (χ4n) is 3.26. The molecule has 0 aliphatic carbocycles. The predicted octanol–water partition coefficient (Wildman–Crippen LogP) is 0.272. The summed E-state index contributed by atoms with van der Waals surface area (Å²) in [6, 6.07) is 3.86. The summed E-state index contributed by atoms with van der Waals surface area (Å²) in [5.41, 5.74) is 6.59. The lowest BCUT2D eigenvalue weighted by Crippen LogP contribution is -2.58. The minimum atomic E-state index is -1.48. The zero-order chi connectivity index (χ0) is 26.7. The summed E-state index contributed by atoms with van der Waals surface area (Å²) in [4.78, 5) is 61.4. The Morgan fingerprint density at radius 2 is 1.40 bits per heavy atom. The Balaban J connectivity index is 3.14.